The summed E-state index contributed by atoms with van der Waals surface area (Å²) in [6.07, 6.45) is 1.45. The molecule has 1 atom stereocenters. The first-order chi connectivity index (χ1) is 20.2. The quantitative estimate of drug-likeness (QED) is 0.129. The number of benzene rings is 2. The summed E-state index contributed by atoms with van der Waals surface area (Å²) in [5.74, 6) is -2.00. The van der Waals surface area contributed by atoms with Crippen LogP contribution in [-0.2, 0) is 16.1 Å². The number of aliphatic hydroxyl groups is 1. The summed E-state index contributed by atoms with van der Waals surface area (Å²) in [6, 6.07) is 15.7. The van der Waals surface area contributed by atoms with Crippen LogP contribution in [0.2, 0.25) is 0 Å². The second-order valence-electron chi connectivity index (χ2n) is 9.46. The summed E-state index contributed by atoms with van der Waals surface area (Å²) in [6.45, 7) is 9.05. The van der Waals surface area contributed by atoms with Gasteiger partial charge in [0.25, 0.3) is 5.91 Å². The number of carbonyl (C=O) groups excluding carboxylic acids is 3. The lowest BCUT2D eigenvalue weighted by atomic mass is 9.95. The van der Waals surface area contributed by atoms with Crippen molar-refractivity contribution < 1.29 is 29.0 Å². The number of esters is 1. The van der Waals surface area contributed by atoms with Gasteiger partial charge in [0, 0.05) is 0 Å². The van der Waals surface area contributed by atoms with Crippen LogP contribution in [0.1, 0.15) is 52.9 Å². The maximum Gasteiger partial charge on any atom is 0.350 e. The zero-order valence-corrected chi connectivity index (χ0v) is 24.8. The number of amides is 1. The molecule has 214 valence electrons. The van der Waals surface area contributed by atoms with Crippen molar-refractivity contribution >= 4 is 45.5 Å². The number of aryl methyl sites for hydroxylation is 3. The number of nitrogens with zero attached hydrogens (tertiary/aromatic N) is 3. The molecule has 0 saturated carbocycles. The number of carbonyl (C=O) groups is 3. The van der Waals surface area contributed by atoms with Gasteiger partial charge in [-0.05, 0) is 44.0 Å². The monoisotopic (exact) mass is 601 g/mol. The van der Waals surface area contributed by atoms with E-state index in [2.05, 4.69) is 16.5 Å². The Morgan fingerprint density at radius 2 is 1.69 bits per heavy atom. The first kappa shape index (κ1) is 28.9. The van der Waals surface area contributed by atoms with E-state index in [-0.39, 0.29) is 22.2 Å². The molecule has 0 fully saturated rings. The van der Waals surface area contributed by atoms with Gasteiger partial charge < -0.3 is 14.6 Å². The molecule has 0 bridgehead atoms. The van der Waals surface area contributed by atoms with Crippen molar-refractivity contribution in [2.45, 2.75) is 33.4 Å². The van der Waals surface area contributed by atoms with Gasteiger partial charge in [-0.3, -0.25) is 14.5 Å². The second kappa shape index (κ2) is 12.1. The fourth-order valence-electron chi connectivity index (χ4n) is 4.58. The average Bonchev–Trinajstić information content (AvgIpc) is 3.62. The van der Waals surface area contributed by atoms with Crippen molar-refractivity contribution in [2.75, 3.05) is 11.5 Å². The number of hydrogen-bond acceptors (Lipinski definition) is 10. The van der Waals surface area contributed by atoms with E-state index in [1.54, 1.807) is 45.0 Å². The van der Waals surface area contributed by atoms with Crippen LogP contribution in [0.25, 0.3) is 0 Å². The van der Waals surface area contributed by atoms with Crippen molar-refractivity contribution in [3.8, 4) is 5.75 Å². The van der Waals surface area contributed by atoms with Crippen molar-refractivity contribution in [1.29, 1.82) is 0 Å². The molecule has 0 saturated heterocycles. The Morgan fingerprint density at radius 1 is 1.00 bits per heavy atom. The molecule has 9 nitrogen and oxygen atoms in total. The minimum Gasteiger partial charge on any atom is -0.503 e. The highest BCUT2D eigenvalue weighted by atomic mass is 32.1. The fraction of sp³-hybridized carbons (Fsp3) is 0.194. The van der Waals surface area contributed by atoms with Crippen LogP contribution in [0.5, 0.6) is 5.75 Å². The number of ketones is 1. The third-order valence-corrected chi connectivity index (χ3v) is 8.72. The third kappa shape index (κ3) is 5.61. The fourth-order valence-corrected chi connectivity index (χ4v) is 6.44. The lowest BCUT2D eigenvalue weighted by Gasteiger charge is -2.24. The average molecular weight is 602 g/mol. The zero-order chi connectivity index (χ0) is 30.0. The number of ether oxygens (including phenoxy) is 2. The van der Waals surface area contributed by atoms with Gasteiger partial charge >= 0.3 is 5.97 Å². The standard InChI is InChI=1S/C31H27N3O6S2/c1-5-15-39-30(38)28-18(3)33-31(42-28)34-24(21-11-13-22(14-12-21)40-16-20-9-7-6-8-10-20)23(26(36)29(34)37)25(35)27-17(2)32-19(4)41-27/h5-14,24,36H,1,15-16H2,2-4H3. The number of anilines is 1. The summed E-state index contributed by atoms with van der Waals surface area (Å²) in [5, 5.41) is 11.9. The predicted molar refractivity (Wildman–Crippen MR) is 160 cm³/mol. The van der Waals surface area contributed by atoms with E-state index in [9.17, 15) is 19.5 Å². The molecular weight excluding hydrogens is 574 g/mol. The summed E-state index contributed by atoms with van der Waals surface area (Å²) < 4.78 is 11.1. The molecule has 1 aliphatic rings. The Bertz CT molecular complexity index is 1710. The molecule has 11 heteroatoms. The summed E-state index contributed by atoms with van der Waals surface area (Å²) in [5.41, 5.74) is 2.33. The molecule has 1 unspecified atom stereocenters. The topological polar surface area (TPSA) is 119 Å². The second-order valence-corrected chi connectivity index (χ2v) is 11.6. The highest BCUT2D eigenvalue weighted by molar-refractivity contribution is 7.17. The van der Waals surface area contributed by atoms with Gasteiger partial charge in [0.2, 0.25) is 5.78 Å². The molecule has 3 heterocycles. The van der Waals surface area contributed by atoms with Gasteiger partial charge in [-0.15, -0.1) is 11.3 Å². The number of rotatable bonds is 10. The van der Waals surface area contributed by atoms with Gasteiger partial charge in [0.1, 0.15) is 23.8 Å². The highest BCUT2D eigenvalue weighted by Gasteiger charge is 2.47. The van der Waals surface area contributed by atoms with Crippen LogP contribution in [0.15, 0.2) is 78.6 Å². The Balaban J connectivity index is 1.54. The smallest absolute Gasteiger partial charge is 0.350 e. The van der Waals surface area contributed by atoms with Gasteiger partial charge in [0.05, 0.1) is 32.9 Å². The largest absolute Gasteiger partial charge is 0.503 e. The molecule has 42 heavy (non-hydrogen) atoms. The molecule has 5 rings (SSSR count). The van der Waals surface area contributed by atoms with Crippen LogP contribution in [0.3, 0.4) is 0 Å². The first-order valence-corrected chi connectivity index (χ1v) is 14.6. The zero-order valence-electron chi connectivity index (χ0n) is 23.1. The molecule has 2 aromatic heterocycles. The van der Waals surface area contributed by atoms with Crippen LogP contribution in [0.4, 0.5) is 5.13 Å². The van der Waals surface area contributed by atoms with E-state index < -0.39 is 29.5 Å². The van der Waals surface area contributed by atoms with Crippen LogP contribution < -0.4 is 9.64 Å². The molecule has 0 spiro atoms. The van der Waals surface area contributed by atoms with E-state index in [4.69, 9.17) is 9.47 Å². The maximum atomic E-state index is 13.9. The number of aliphatic hydroxyl groups excluding tert-OH is 1. The number of aromatic nitrogens is 2. The Hall–Kier alpha value is -4.61. The van der Waals surface area contributed by atoms with E-state index >= 15 is 0 Å². The van der Waals surface area contributed by atoms with Crippen LogP contribution in [0, 0.1) is 20.8 Å². The number of hydrogen-bond donors (Lipinski definition) is 1. The van der Waals surface area contributed by atoms with Crippen molar-refractivity contribution in [2.24, 2.45) is 0 Å². The molecule has 1 N–H and O–H groups in total. The minimum atomic E-state index is -1.02. The van der Waals surface area contributed by atoms with E-state index in [1.807, 2.05) is 30.3 Å². The maximum absolute atomic E-state index is 13.9. The normalized spacial score (nSPS) is 14.8. The Labute approximate surface area is 250 Å². The number of Topliss-reactive ketones (excluding diaryl/α,β-unsaturated/α-hetero) is 1. The summed E-state index contributed by atoms with van der Waals surface area (Å²) in [7, 11) is 0. The SMILES string of the molecule is C=CCOC(=O)c1sc(N2C(=O)C(O)=C(C(=O)c3sc(C)nc3C)C2c2ccc(OCc3ccccc3)cc2)nc1C. The Morgan fingerprint density at radius 3 is 2.33 bits per heavy atom. The summed E-state index contributed by atoms with van der Waals surface area (Å²) >= 11 is 2.14. The van der Waals surface area contributed by atoms with Crippen molar-refractivity contribution in [3.05, 3.63) is 116 Å². The van der Waals surface area contributed by atoms with E-state index in [0.717, 1.165) is 16.9 Å². The van der Waals surface area contributed by atoms with Crippen LogP contribution in [-0.4, -0.2) is 39.3 Å². The van der Waals surface area contributed by atoms with E-state index in [0.29, 0.717) is 39.2 Å². The van der Waals surface area contributed by atoms with Gasteiger partial charge in [-0.25, -0.2) is 14.8 Å². The first-order valence-electron chi connectivity index (χ1n) is 13.0. The molecule has 2 aromatic carbocycles. The highest BCUT2D eigenvalue weighted by Crippen LogP contribution is 2.44. The van der Waals surface area contributed by atoms with Crippen LogP contribution >= 0.6 is 22.7 Å². The molecule has 0 aliphatic carbocycles. The van der Waals surface area contributed by atoms with Crippen molar-refractivity contribution in [1.82, 2.24) is 9.97 Å². The molecule has 0 radical (unpaired) electrons. The van der Waals surface area contributed by atoms with Gasteiger partial charge in [-0.1, -0.05) is 66.5 Å². The summed E-state index contributed by atoms with van der Waals surface area (Å²) in [4.78, 5) is 50.7. The van der Waals surface area contributed by atoms with Gasteiger partial charge in [0.15, 0.2) is 10.9 Å². The van der Waals surface area contributed by atoms with Crippen molar-refractivity contribution in [3.63, 3.8) is 0 Å². The molecule has 1 aliphatic heterocycles. The predicted octanol–water partition coefficient (Wildman–Crippen LogP) is 6.23. The molecule has 1 amide bonds. The van der Waals surface area contributed by atoms with Gasteiger partial charge in [-0.2, -0.15) is 0 Å². The Kier molecular flexibility index (Phi) is 8.32. The number of thiazole rings is 2. The molecular formula is C31H27N3O6S2. The molecule has 4 aromatic rings. The lowest BCUT2D eigenvalue weighted by Crippen LogP contribution is -2.31. The van der Waals surface area contributed by atoms with E-state index in [1.165, 1.54) is 22.3 Å². The minimum absolute atomic E-state index is 0.0179. The third-order valence-electron chi connectivity index (χ3n) is 6.52. The lowest BCUT2D eigenvalue weighted by molar-refractivity contribution is -0.117.